The normalized spacial score (nSPS) is 10.1. The minimum Gasteiger partial charge on any atom is -0.439 e. The predicted molar refractivity (Wildman–Crippen MR) is 63.7 cm³/mol. The van der Waals surface area contributed by atoms with Gasteiger partial charge in [-0.25, -0.2) is 4.98 Å². The van der Waals surface area contributed by atoms with Gasteiger partial charge in [0.25, 0.3) is 0 Å². The third-order valence-corrected chi connectivity index (χ3v) is 2.49. The van der Waals surface area contributed by atoms with Gasteiger partial charge in [0.1, 0.15) is 5.75 Å². The number of nitrogens with two attached hydrogens (primary N) is 1. The molecular weight excluding hydrogens is 224 g/mol. The topological polar surface area (TPSA) is 48.1 Å². The van der Waals surface area contributed by atoms with Crippen molar-refractivity contribution in [2.24, 2.45) is 5.73 Å². The van der Waals surface area contributed by atoms with E-state index >= 15 is 0 Å². The van der Waals surface area contributed by atoms with E-state index in [-0.39, 0.29) is 0 Å². The summed E-state index contributed by atoms with van der Waals surface area (Å²) in [5.74, 6) is 1.17. The highest BCUT2D eigenvalue weighted by Crippen LogP contribution is 2.28. The fraction of sp³-hybridized carbons (Fsp3) is 0.0833. The van der Waals surface area contributed by atoms with E-state index in [4.69, 9.17) is 22.1 Å². The average Bonchev–Trinajstić information content (AvgIpc) is 2.31. The quantitative estimate of drug-likeness (QED) is 0.888. The molecular formula is C12H11ClN2O. The Morgan fingerprint density at radius 3 is 2.75 bits per heavy atom. The Bertz CT molecular complexity index is 474. The molecule has 0 radical (unpaired) electrons. The van der Waals surface area contributed by atoms with E-state index in [9.17, 15) is 0 Å². The van der Waals surface area contributed by atoms with Gasteiger partial charge in [-0.3, -0.25) is 0 Å². The lowest BCUT2D eigenvalue weighted by molar-refractivity contribution is 0.457. The van der Waals surface area contributed by atoms with Crippen LogP contribution >= 0.6 is 11.6 Å². The third kappa shape index (κ3) is 2.32. The Labute approximate surface area is 98.8 Å². The van der Waals surface area contributed by atoms with Gasteiger partial charge in [-0.1, -0.05) is 23.7 Å². The number of nitrogens with zero attached hydrogens (tertiary/aromatic N) is 1. The van der Waals surface area contributed by atoms with Gasteiger partial charge in [-0.05, 0) is 18.2 Å². The first-order chi connectivity index (χ1) is 7.81. The standard InChI is InChI=1S/C12H11ClN2O/c13-10-4-3-5-11(9(10)8-14)16-12-6-1-2-7-15-12/h1-7H,8,14H2. The van der Waals surface area contributed by atoms with E-state index in [1.165, 1.54) is 0 Å². The second kappa shape index (κ2) is 4.96. The van der Waals surface area contributed by atoms with Crippen LogP contribution in [0, 0.1) is 0 Å². The molecule has 0 atom stereocenters. The van der Waals surface area contributed by atoms with E-state index < -0.39 is 0 Å². The molecule has 3 nitrogen and oxygen atoms in total. The zero-order valence-electron chi connectivity index (χ0n) is 8.56. The molecule has 2 rings (SSSR count). The lowest BCUT2D eigenvalue weighted by Crippen LogP contribution is -2.00. The van der Waals surface area contributed by atoms with Crippen molar-refractivity contribution in [2.45, 2.75) is 6.54 Å². The maximum atomic E-state index is 6.02. The number of hydrogen-bond acceptors (Lipinski definition) is 3. The summed E-state index contributed by atoms with van der Waals surface area (Å²) in [6, 6.07) is 10.9. The van der Waals surface area contributed by atoms with Gasteiger partial charge in [-0.2, -0.15) is 0 Å². The first-order valence-corrected chi connectivity index (χ1v) is 5.25. The van der Waals surface area contributed by atoms with Gasteiger partial charge in [0, 0.05) is 29.4 Å². The molecule has 2 N–H and O–H groups in total. The number of pyridine rings is 1. The molecule has 0 saturated carbocycles. The highest BCUT2D eigenvalue weighted by molar-refractivity contribution is 6.31. The molecule has 0 aliphatic carbocycles. The maximum Gasteiger partial charge on any atom is 0.219 e. The van der Waals surface area contributed by atoms with Crippen molar-refractivity contribution < 1.29 is 4.74 Å². The van der Waals surface area contributed by atoms with Crippen molar-refractivity contribution in [1.29, 1.82) is 0 Å². The smallest absolute Gasteiger partial charge is 0.219 e. The van der Waals surface area contributed by atoms with Gasteiger partial charge in [-0.15, -0.1) is 0 Å². The van der Waals surface area contributed by atoms with Gasteiger partial charge >= 0.3 is 0 Å². The molecule has 1 aromatic carbocycles. The van der Waals surface area contributed by atoms with Crippen LogP contribution in [0.4, 0.5) is 0 Å². The van der Waals surface area contributed by atoms with Crippen LogP contribution in [0.3, 0.4) is 0 Å². The number of benzene rings is 1. The molecule has 2 aromatic rings. The van der Waals surface area contributed by atoms with Gasteiger partial charge in [0.2, 0.25) is 5.88 Å². The first-order valence-electron chi connectivity index (χ1n) is 4.87. The third-order valence-electron chi connectivity index (χ3n) is 2.13. The summed E-state index contributed by atoms with van der Waals surface area (Å²) in [5.41, 5.74) is 6.41. The number of ether oxygens (including phenoxy) is 1. The Morgan fingerprint density at radius 1 is 1.19 bits per heavy atom. The largest absolute Gasteiger partial charge is 0.439 e. The minimum absolute atomic E-state index is 0.335. The molecule has 0 aliphatic heterocycles. The molecule has 0 bridgehead atoms. The van der Waals surface area contributed by atoms with Crippen LogP contribution in [0.15, 0.2) is 42.6 Å². The number of rotatable bonds is 3. The van der Waals surface area contributed by atoms with Crippen LogP contribution in [0.5, 0.6) is 11.6 Å². The zero-order chi connectivity index (χ0) is 11.4. The van der Waals surface area contributed by atoms with Crippen LogP contribution < -0.4 is 10.5 Å². The van der Waals surface area contributed by atoms with Crippen LogP contribution in [-0.4, -0.2) is 4.98 Å². The lowest BCUT2D eigenvalue weighted by Gasteiger charge is -2.10. The van der Waals surface area contributed by atoms with Crippen molar-refractivity contribution in [3.05, 3.63) is 53.2 Å². The Balaban J connectivity index is 2.31. The molecule has 0 spiro atoms. The second-order valence-electron chi connectivity index (χ2n) is 3.19. The number of aromatic nitrogens is 1. The summed E-state index contributed by atoms with van der Waals surface area (Å²) >= 11 is 6.02. The lowest BCUT2D eigenvalue weighted by atomic mass is 10.2. The average molecular weight is 235 g/mol. The predicted octanol–water partition coefficient (Wildman–Crippen LogP) is 2.99. The fourth-order valence-corrected chi connectivity index (χ4v) is 1.60. The highest BCUT2D eigenvalue weighted by atomic mass is 35.5. The van der Waals surface area contributed by atoms with E-state index in [1.807, 2.05) is 24.3 Å². The number of hydrogen-bond donors (Lipinski definition) is 1. The van der Waals surface area contributed by atoms with Gasteiger partial charge < -0.3 is 10.5 Å². The van der Waals surface area contributed by atoms with Crippen molar-refractivity contribution in [3.8, 4) is 11.6 Å². The monoisotopic (exact) mass is 234 g/mol. The molecule has 16 heavy (non-hydrogen) atoms. The molecule has 4 heteroatoms. The van der Waals surface area contributed by atoms with Crippen LogP contribution in [0.25, 0.3) is 0 Å². The highest BCUT2D eigenvalue weighted by Gasteiger charge is 2.07. The van der Waals surface area contributed by atoms with Crippen LogP contribution in [-0.2, 0) is 6.54 Å². The molecule has 1 heterocycles. The van der Waals surface area contributed by atoms with E-state index in [2.05, 4.69) is 4.98 Å². The fourth-order valence-electron chi connectivity index (χ4n) is 1.35. The van der Waals surface area contributed by atoms with Crippen LogP contribution in [0.2, 0.25) is 5.02 Å². The first kappa shape index (κ1) is 10.9. The van der Waals surface area contributed by atoms with Gasteiger partial charge in [0.15, 0.2) is 0 Å². The summed E-state index contributed by atoms with van der Waals surface area (Å²) in [4.78, 5) is 4.07. The van der Waals surface area contributed by atoms with Crippen molar-refractivity contribution in [1.82, 2.24) is 4.98 Å². The summed E-state index contributed by atoms with van der Waals surface area (Å²) in [7, 11) is 0. The number of halogens is 1. The SMILES string of the molecule is NCc1c(Cl)cccc1Oc1ccccn1. The van der Waals surface area contributed by atoms with E-state index in [0.29, 0.717) is 23.2 Å². The Hall–Kier alpha value is -1.58. The molecule has 1 aromatic heterocycles. The van der Waals surface area contributed by atoms with Gasteiger partial charge in [0.05, 0.1) is 0 Å². The summed E-state index contributed by atoms with van der Waals surface area (Å²) in [6.07, 6.45) is 1.67. The van der Waals surface area contributed by atoms with Crippen molar-refractivity contribution >= 4 is 11.6 Å². The van der Waals surface area contributed by atoms with E-state index in [1.54, 1.807) is 18.3 Å². The summed E-state index contributed by atoms with van der Waals surface area (Å²) in [6.45, 7) is 0.335. The van der Waals surface area contributed by atoms with Crippen molar-refractivity contribution in [2.75, 3.05) is 0 Å². The zero-order valence-corrected chi connectivity index (χ0v) is 9.32. The Kier molecular flexibility index (Phi) is 3.39. The molecule has 0 unspecified atom stereocenters. The molecule has 0 aliphatic rings. The molecule has 82 valence electrons. The Morgan fingerprint density at radius 2 is 2.06 bits per heavy atom. The minimum atomic E-state index is 0.335. The van der Waals surface area contributed by atoms with Crippen molar-refractivity contribution in [3.63, 3.8) is 0 Å². The summed E-state index contributed by atoms with van der Waals surface area (Å²) < 4.78 is 5.61. The van der Waals surface area contributed by atoms with E-state index in [0.717, 1.165) is 5.56 Å². The maximum absolute atomic E-state index is 6.02. The molecule has 0 amide bonds. The summed E-state index contributed by atoms with van der Waals surface area (Å²) in [5, 5.41) is 0.607. The second-order valence-corrected chi connectivity index (χ2v) is 3.60. The molecule has 0 fully saturated rings. The molecule has 0 saturated heterocycles. The van der Waals surface area contributed by atoms with Crippen LogP contribution in [0.1, 0.15) is 5.56 Å².